The number of fused-ring (bicyclic) bond motifs is 1. The standard InChI is InChI=1S/C22H24F3NO5/c1-13(26-11-17(27)15-4-3-5-16(10-15)22(23,24)25)8-14-6-7-18-19(9-14)30-12-20(31-18)21(28)29-2/h3-7,9-10,13,17,20,26-27H,8,11-12H2,1-2H3. The van der Waals surface area contributed by atoms with Crippen molar-refractivity contribution in [2.75, 3.05) is 20.3 Å². The van der Waals surface area contributed by atoms with Gasteiger partial charge in [0.1, 0.15) is 6.61 Å². The molecule has 0 radical (unpaired) electrons. The van der Waals surface area contributed by atoms with Crippen molar-refractivity contribution in [2.24, 2.45) is 0 Å². The molecule has 3 atom stereocenters. The maximum atomic E-state index is 12.8. The van der Waals surface area contributed by atoms with Crippen LogP contribution in [0.1, 0.15) is 29.7 Å². The summed E-state index contributed by atoms with van der Waals surface area (Å²) in [6.45, 7) is 2.07. The second-order valence-electron chi connectivity index (χ2n) is 7.37. The topological polar surface area (TPSA) is 77.0 Å². The minimum absolute atomic E-state index is 0.0557. The lowest BCUT2D eigenvalue weighted by Crippen LogP contribution is -2.37. The van der Waals surface area contributed by atoms with Gasteiger partial charge in [0.05, 0.1) is 18.8 Å². The molecule has 1 aliphatic rings. The van der Waals surface area contributed by atoms with Gasteiger partial charge >= 0.3 is 12.1 Å². The van der Waals surface area contributed by atoms with E-state index in [1.165, 1.54) is 19.2 Å². The maximum Gasteiger partial charge on any atom is 0.416 e. The number of esters is 1. The molecule has 1 aliphatic heterocycles. The molecule has 3 unspecified atom stereocenters. The van der Waals surface area contributed by atoms with Gasteiger partial charge in [-0.15, -0.1) is 0 Å². The van der Waals surface area contributed by atoms with Crippen LogP contribution in [0.2, 0.25) is 0 Å². The highest BCUT2D eigenvalue weighted by Gasteiger charge is 2.31. The van der Waals surface area contributed by atoms with Crippen LogP contribution in [0.15, 0.2) is 42.5 Å². The highest BCUT2D eigenvalue weighted by atomic mass is 19.4. The number of hydrogen-bond donors (Lipinski definition) is 2. The average molecular weight is 439 g/mol. The summed E-state index contributed by atoms with van der Waals surface area (Å²) < 4.78 is 54.4. The molecule has 0 bridgehead atoms. The van der Waals surface area contributed by atoms with Crippen LogP contribution in [0.3, 0.4) is 0 Å². The van der Waals surface area contributed by atoms with Crippen LogP contribution < -0.4 is 14.8 Å². The number of ether oxygens (including phenoxy) is 3. The molecular formula is C22H24F3NO5. The van der Waals surface area contributed by atoms with Crippen LogP contribution in [0.5, 0.6) is 11.5 Å². The molecule has 2 aromatic rings. The van der Waals surface area contributed by atoms with E-state index in [2.05, 4.69) is 10.1 Å². The van der Waals surface area contributed by atoms with Crippen molar-refractivity contribution >= 4 is 5.97 Å². The molecule has 2 aromatic carbocycles. The van der Waals surface area contributed by atoms with Gasteiger partial charge in [0.2, 0.25) is 6.10 Å². The molecule has 0 aliphatic carbocycles. The Labute approximate surface area is 177 Å². The smallest absolute Gasteiger partial charge is 0.416 e. The fourth-order valence-electron chi connectivity index (χ4n) is 3.27. The van der Waals surface area contributed by atoms with Gasteiger partial charge in [-0.3, -0.25) is 0 Å². The molecule has 31 heavy (non-hydrogen) atoms. The van der Waals surface area contributed by atoms with Gasteiger partial charge in [-0.2, -0.15) is 13.2 Å². The Morgan fingerprint density at radius 3 is 2.74 bits per heavy atom. The Morgan fingerprint density at radius 1 is 1.26 bits per heavy atom. The summed E-state index contributed by atoms with van der Waals surface area (Å²) in [4.78, 5) is 11.6. The Balaban J connectivity index is 1.54. The van der Waals surface area contributed by atoms with E-state index in [1.54, 1.807) is 6.07 Å². The third kappa shape index (κ3) is 5.89. The Hall–Kier alpha value is -2.78. The lowest BCUT2D eigenvalue weighted by Gasteiger charge is -2.25. The normalized spacial score (nSPS) is 17.7. The number of aliphatic hydroxyl groups is 1. The van der Waals surface area contributed by atoms with Crippen LogP contribution >= 0.6 is 0 Å². The molecule has 168 valence electrons. The lowest BCUT2D eigenvalue weighted by atomic mass is 10.0. The monoisotopic (exact) mass is 439 g/mol. The number of hydrogen-bond acceptors (Lipinski definition) is 6. The number of carbonyl (C=O) groups is 1. The first kappa shape index (κ1) is 22.9. The highest BCUT2D eigenvalue weighted by molar-refractivity contribution is 5.75. The molecule has 0 saturated heterocycles. The van der Waals surface area contributed by atoms with Crippen molar-refractivity contribution in [1.29, 1.82) is 0 Å². The number of nitrogens with one attached hydrogen (secondary N) is 1. The number of halogens is 3. The first-order chi connectivity index (χ1) is 14.7. The second kappa shape index (κ2) is 9.57. The predicted molar refractivity (Wildman–Crippen MR) is 106 cm³/mol. The lowest BCUT2D eigenvalue weighted by molar-refractivity contribution is -0.151. The van der Waals surface area contributed by atoms with Crippen molar-refractivity contribution in [2.45, 2.75) is 37.8 Å². The Bertz CT molecular complexity index is 918. The molecule has 0 fully saturated rings. The van der Waals surface area contributed by atoms with Crippen LogP contribution in [0.25, 0.3) is 0 Å². The largest absolute Gasteiger partial charge is 0.485 e. The summed E-state index contributed by atoms with van der Waals surface area (Å²) >= 11 is 0. The quantitative estimate of drug-likeness (QED) is 0.645. The SMILES string of the molecule is COC(=O)C1COc2cc(CC(C)NCC(O)c3cccc(C(F)(F)F)c3)ccc2O1. The van der Waals surface area contributed by atoms with Crippen molar-refractivity contribution < 1.29 is 37.3 Å². The summed E-state index contributed by atoms with van der Waals surface area (Å²) in [5.41, 5.74) is 0.351. The first-order valence-corrected chi connectivity index (χ1v) is 9.76. The molecule has 0 amide bonds. The minimum Gasteiger partial charge on any atom is -0.485 e. The number of alkyl halides is 3. The summed E-state index contributed by atoms with van der Waals surface area (Å²) in [6.07, 6.45) is -5.74. The van der Waals surface area contributed by atoms with Gasteiger partial charge in [-0.1, -0.05) is 18.2 Å². The molecule has 0 aromatic heterocycles. The number of aliphatic hydroxyl groups excluding tert-OH is 1. The van der Waals surface area contributed by atoms with E-state index in [9.17, 15) is 23.1 Å². The van der Waals surface area contributed by atoms with E-state index in [0.717, 1.165) is 17.7 Å². The molecule has 2 N–H and O–H groups in total. The molecule has 3 rings (SSSR count). The fraction of sp³-hybridized carbons (Fsp3) is 0.409. The summed E-state index contributed by atoms with van der Waals surface area (Å²) in [5, 5.41) is 13.4. The molecule has 0 spiro atoms. The Morgan fingerprint density at radius 2 is 2.03 bits per heavy atom. The third-order valence-electron chi connectivity index (χ3n) is 4.93. The molecule has 1 heterocycles. The zero-order valence-corrected chi connectivity index (χ0v) is 17.1. The fourth-order valence-corrected chi connectivity index (χ4v) is 3.27. The zero-order valence-electron chi connectivity index (χ0n) is 17.1. The molecule has 6 nitrogen and oxygen atoms in total. The third-order valence-corrected chi connectivity index (χ3v) is 4.93. The number of methoxy groups -OCH3 is 1. The van der Waals surface area contributed by atoms with Crippen LogP contribution in [0.4, 0.5) is 13.2 Å². The first-order valence-electron chi connectivity index (χ1n) is 9.76. The van der Waals surface area contributed by atoms with E-state index >= 15 is 0 Å². The van der Waals surface area contributed by atoms with Gasteiger partial charge in [-0.05, 0) is 48.7 Å². The predicted octanol–water partition coefficient (Wildman–Crippen LogP) is 3.27. The van der Waals surface area contributed by atoms with Crippen LogP contribution in [-0.4, -0.2) is 43.5 Å². The number of rotatable bonds is 7. The average Bonchev–Trinajstić information content (AvgIpc) is 2.76. The maximum absolute atomic E-state index is 12.8. The highest BCUT2D eigenvalue weighted by Crippen LogP contribution is 2.33. The number of carbonyl (C=O) groups excluding carboxylic acids is 1. The Kier molecular flexibility index (Phi) is 7.07. The van der Waals surface area contributed by atoms with Gasteiger partial charge in [-0.25, -0.2) is 4.79 Å². The van der Waals surface area contributed by atoms with E-state index in [1.807, 2.05) is 19.1 Å². The molecule has 0 saturated carbocycles. The summed E-state index contributed by atoms with van der Waals surface area (Å²) in [6, 6.07) is 9.98. The van der Waals surface area contributed by atoms with Gasteiger partial charge in [0, 0.05) is 12.6 Å². The van der Waals surface area contributed by atoms with Gasteiger partial charge in [0.15, 0.2) is 11.5 Å². The van der Waals surface area contributed by atoms with Gasteiger partial charge in [0.25, 0.3) is 0 Å². The van der Waals surface area contributed by atoms with E-state index in [4.69, 9.17) is 9.47 Å². The number of benzene rings is 2. The molecular weight excluding hydrogens is 415 g/mol. The van der Waals surface area contributed by atoms with Crippen LogP contribution in [0, 0.1) is 0 Å². The van der Waals surface area contributed by atoms with Crippen molar-refractivity contribution in [3.05, 3.63) is 59.2 Å². The second-order valence-corrected chi connectivity index (χ2v) is 7.37. The van der Waals surface area contributed by atoms with Crippen LogP contribution in [-0.2, 0) is 22.1 Å². The van der Waals surface area contributed by atoms with E-state index in [-0.39, 0.29) is 24.8 Å². The van der Waals surface area contributed by atoms with E-state index in [0.29, 0.717) is 17.9 Å². The van der Waals surface area contributed by atoms with E-state index < -0.39 is 29.9 Å². The zero-order chi connectivity index (χ0) is 22.6. The molecule has 9 heteroatoms. The minimum atomic E-state index is -4.45. The van der Waals surface area contributed by atoms with Crippen molar-refractivity contribution in [3.63, 3.8) is 0 Å². The van der Waals surface area contributed by atoms with Crippen molar-refractivity contribution in [3.8, 4) is 11.5 Å². The summed E-state index contributed by atoms with van der Waals surface area (Å²) in [7, 11) is 1.28. The summed E-state index contributed by atoms with van der Waals surface area (Å²) in [5.74, 6) is 0.465. The van der Waals surface area contributed by atoms with Gasteiger partial charge < -0.3 is 24.6 Å². The van der Waals surface area contributed by atoms with Crippen molar-refractivity contribution in [1.82, 2.24) is 5.32 Å².